The highest BCUT2D eigenvalue weighted by Gasteiger charge is 2.68. The van der Waals surface area contributed by atoms with Crippen molar-refractivity contribution < 1.29 is 41.6 Å². The Hall–Kier alpha value is -2.34. The third kappa shape index (κ3) is 8.00. The molecule has 3 fully saturated rings. The summed E-state index contributed by atoms with van der Waals surface area (Å²) in [6.45, 7) is 15.9. The van der Waals surface area contributed by atoms with Crippen LogP contribution in [0, 0.1) is 40.9 Å². The Bertz CT molecular complexity index is 1440. The van der Waals surface area contributed by atoms with Crippen LogP contribution in [-0.2, 0) is 38.2 Å². The zero-order valence-electron chi connectivity index (χ0n) is 30.1. The second-order valence-electron chi connectivity index (χ2n) is 16.3. The van der Waals surface area contributed by atoms with Gasteiger partial charge in [-0.25, -0.2) is 4.79 Å². The van der Waals surface area contributed by atoms with Crippen LogP contribution in [-0.4, -0.2) is 68.8 Å². The monoisotopic (exact) mass is 691 g/mol. The van der Waals surface area contributed by atoms with Gasteiger partial charge in [0.15, 0.2) is 6.61 Å². The van der Waals surface area contributed by atoms with Gasteiger partial charge in [-0.2, -0.15) is 8.42 Å². The standard InChI is InChI=1S/C37H57NO9S/c1-24-12-14-27(15-13-24)48(43,44)45-22-31(41)46-29-21-35(7,23-38-20-10-9-11-30(40)47-34(4,5)6)33(42)26(3)37-18-16-25(2)36(29,8)32(37)28(39)17-19-37/h12-15,25-26,29,32-33,38,42H,9-11,16-23H2,1-8H3/t25-,26+,29?,32+,33+,35-,36+,37+/m1/s1. The van der Waals surface area contributed by atoms with Gasteiger partial charge in [-0.15, -0.1) is 0 Å². The molecule has 2 bridgehead atoms. The van der Waals surface area contributed by atoms with Crippen molar-refractivity contribution in [2.75, 3.05) is 19.7 Å². The second kappa shape index (κ2) is 14.5. The first-order valence-electron chi connectivity index (χ1n) is 17.5. The van der Waals surface area contributed by atoms with E-state index < -0.39 is 62.7 Å². The van der Waals surface area contributed by atoms with Gasteiger partial charge in [0.2, 0.25) is 0 Å². The number of carbonyl (C=O) groups excluding carboxylic acids is 3. The maximum Gasteiger partial charge on any atom is 0.333 e. The smallest absolute Gasteiger partial charge is 0.333 e. The molecule has 3 aliphatic rings. The molecule has 0 aliphatic heterocycles. The Morgan fingerprint density at radius 1 is 1.04 bits per heavy atom. The number of esters is 2. The number of Topliss-reactive ketones (excluding diaryl/α,β-unsaturated/α-hetero) is 1. The summed E-state index contributed by atoms with van der Waals surface area (Å²) in [5, 5.41) is 15.6. The largest absolute Gasteiger partial charge is 0.460 e. The third-order valence-electron chi connectivity index (χ3n) is 11.7. The van der Waals surface area contributed by atoms with Crippen molar-refractivity contribution in [3.63, 3.8) is 0 Å². The number of aryl methyl sites for hydroxylation is 1. The van der Waals surface area contributed by atoms with Crippen LogP contribution in [0.3, 0.4) is 0 Å². The molecule has 4 rings (SSSR count). The van der Waals surface area contributed by atoms with Crippen molar-refractivity contribution >= 4 is 27.8 Å². The number of hydrogen-bond acceptors (Lipinski definition) is 10. The highest BCUT2D eigenvalue weighted by atomic mass is 32.2. The Labute approximate surface area is 287 Å². The van der Waals surface area contributed by atoms with Crippen molar-refractivity contribution in [3.05, 3.63) is 29.8 Å². The number of ether oxygens (including phenoxy) is 2. The summed E-state index contributed by atoms with van der Waals surface area (Å²) in [6, 6.07) is 6.17. The molecule has 1 unspecified atom stereocenters. The molecule has 270 valence electrons. The van der Waals surface area contributed by atoms with Gasteiger partial charge in [0.25, 0.3) is 10.1 Å². The highest BCUT2D eigenvalue weighted by molar-refractivity contribution is 7.86. The number of hydrogen-bond donors (Lipinski definition) is 2. The number of rotatable bonds is 12. The molecule has 3 aliphatic carbocycles. The quantitative estimate of drug-likeness (QED) is 0.163. The molecule has 8 atom stereocenters. The van der Waals surface area contributed by atoms with Crippen LogP contribution in [0.25, 0.3) is 0 Å². The topological polar surface area (TPSA) is 145 Å². The van der Waals surface area contributed by atoms with Gasteiger partial charge in [0, 0.05) is 36.1 Å². The first-order chi connectivity index (χ1) is 22.2. The summed E-state index contributed by atoms with van der Waals surface area (Å²) in [5.74, 6) is -1.42. The molecule has 1 aromatic carbocycles. The van der Waals surface area contributed by atoms with Gasteiger partial charge in [0.1, 0.15) is 17.5 Å². The zero-order chi connectivity index (χ0) is 35.7. The molecule has 0 saturated heterocycles. The molecule has 0 heterocycles. The SMILES string of the molecule is Cc1ccc(S(=O)(=O)OCC(=O)OC2C[C@](C)(CNCCCCC(=O)OC(C)(C)C)[C@@H](O)[C@H](C)[C@]34CCC(=O)[C@H]3[C@@]2(C)[C@H](C)CC4)cc1. The molecule has 3 saturated carbocycles. The lowest BCUT2D eigenvalue weighted by Gasteiger charge is -2.62. The Morgan fingerprint density at radius 3 is 2.35 bits per heavy atom. The summed E-state index contributed by atoms with van der Waals surface area (Å²) in [7, 11) is -4.20. The number of nitrogens with one attached hydrogen (secondary N) is 1. The minimum Gasteiger partial charge on any atom is -0.460 e. The van der Waals surface area contributed by atoms with Gasteiger partial charge < -0.3 is 19.9 Å². The average Bonchev–Trinajstić information content (AvgIpc) is 3.35. The number of aliphatic hydroxyl groups excluding tert-OH is 1. The minimum absolute atomic E-state index is 0.0418. The number of carbonyl (C=O) groups is 3. The third-order valence-corrected chi connectivity index (χ3v) is 13.0. The van der Waals surface area contributed by atoms with E-state index in [0.717, 1.165) is 24.8 Å². The molecule has 0 radical (unpaired) electrons. The zero-order valence-corrected chi connectivity index (χ0v) is 30.9. The maximum atomic E-state index is 13.7. The van der Waals surface area contributed by atoms with Gasteiger partial charge in [-0.3, -0.25) is 13.8 Å². The van der Waals surface area contributed by atoms with E-state index in [1.165, 1.54) is 12.1 Å². The van der Waals surface area contributed by atoms with Crippen LogP contribution in [0.2, 0.25) is 0 Å². The molecular formula is C37H57NO9S. The highest BCUT2D eigenvalue weighted by Crippen LogP contribution is 2.67. The fraction of sp³-hybridized carbons (Fsp3) is 0.757. The summed E-state index contributed by atoms with van der Waals surface area (Å²) in [5.41, 5.74) is -1.53. The summed E-state index contributed by atoms with van der Waals surface area (Å²) in [6.07, 6.45) is 3.19. The molecule has 11 heteroatoms. The van der Waals surface area contributed by atoms with E-state index in [2.05, 4.69) is 26.1 Å². The minimum atomic E-state index is -4.20. The van der Waals surface area contributed by atoms with Crippen LogP contribution in [0.1, 0.15) is 105 Å². The molecule has 2 N–H and O–H groups in total. The summed E-state index contributed by atoms with van der Waals surface area (Å²) >= 11 is 0. The number of unbranched alkanes of at least 4 members (excludes halogenated alkanes) is 1. The van der Waals surface area contributed by atoms with Crippen LogP contribution >= 0.6 is 0 Å². The van der Waals surface area contributed by atoms with E-state index in [-0.39, 0.29) is 34.9 Å². The van der Waals surface area contributed by atoms with Gasteiger partial charge in [-0.05, 0) is 102 Å². The van der Waals surface area contributed by atoms with Crippen LogP contribution in [0.4, 0.5) is 0 Å². The number of aliphatic hydroxyl groups is 1. The Morgan fingerprint density at radius 2 is 1.71 bits per heavy atom. The van der Waals surface area contributed by atoms with Crippen molar-refractivity contribution in [2.45, 2.75) is 129 Å². The van der Waals surface area contributed by atoms with E-state index in [1.807, 2.05) is 34.6 Å². The Kier molecular flexibility index (Phi) is 11.6. The van der Waals surface area contributed by atoms with Gasteiger partial charge in [0.05, 0.1) is 11.0 Å². The lowest BCUT2D eigenvalue weighted by atomic mass is 9.44. The molecular weight excluding hydrogens is 634 g/mol. The van der Waals surface area contributed by atoms with E-state index in [0.29, 0.717) is 38.8 Å². The molecule has 1 aromatic rings. The first-order valence-corrected chi connectivity index (χ1v) is 18.9. The molecule has 0 aromatic heterocycles. The van der Waals surface area contributed by atoms with E-state index in [9.17, 15) is 27.9 Å². The summed E-state index contributed by atoms with van der Waals surface area (Å²) < 4.78 is 42.5. The Balaban J connectivity index is 1.54. The fourth-order valence-electron chi connectivity index (χ4n) is 8.91. The van der Waals surface area contributed by atoms with E-state index in [4.69, 9.17) is 13.7 Å². The predicted octanol–water partition coefficient (Wildman–Crippen LogP) is 5.52. The van der Waals surface area contributed by atoms with Gasteiger partial charge >= 0.3 is 11.9 Å². The molecule has 10 nitrogen and oxygen atoms in total. The number of ketones is 1. The second-order valence-corrected chi connectivity index (χ2v) is 17.9. The van der Waals surface area contributed by atoms with Crippen molar-refractivity contribution in [1.82, 2.24) is 5.32 Å². The van der Waals surface area contributed by atoms with Crippen molar-refractivity contribution in [1.29, 1.82) is 0 Å². The number of benzene rings is 1. The van der Waals surface area contributed by atoms with Crippen LogP contribution < -0.4 is 5.32 Å². The fourth-order valence-corrected chi connectivity index (χ4v) is 9.76. The lowest BCUT2D eigenvalue weighted by molar-refractivity contribution is -0.212. The summed E-state index contributed by atoms with van der Waals surface area (Å²) in [4.78, 5) is 39.3. The average molecular weight is 692 g/mol. The van der Waals surface area contributed by atoms with E-state index in [1.54, 1.807) is 12.1 Å². The predicted molar refractivity (Wildman–Crippen MR) is 181 cm³/mol. The maximum absolute atomic E-state index is 13.7. The lowest BCUT2D eigenvalue weighted by Crippen LogP contribution is -2.64. The van der Waals surface area contributed by atoms with Crippen molar-refractivity contribution in [2.24, 2.45) is 34.0 Å². The van der Waals surface area contributed by atoms with Crippen LogP contribution in [0.15, 0.2) is 29.2 Å². The molecule has 0 amide bonds. The van der Waals surface area contributed by atoms with Crippen LogP contribution in [0.5, 0.6) is 0 Å². The molecule has 0 spiro atoms. The normalized spacial score (nSPS) is 33.8. The van der Waals surface area contributed by atoms with Crippen molar-refractivity contribution in [3.8, 4) is 0 Å². The molecule has 48 heavy (non-hydrogen) atoms. The first kappa shape index (κ1) is 38.5. The van der Waals surface area contributed by atoms with Gasteiger partial charge in [-0.1, -0.05) is 45.4 Å². The van der Waals surface area contributed by atoms with E-state index >= 15 is 0 Å².